The maximum absolute atomic E-state index is 13.3. The summed E-state index contributed by atoms with van der Waals surface area (Å²) in [6.45, 7) is 0.253. The van der Waals surface area contributed by atoms with Gasteiger partial charge >= 0.3 is 0 Å². The highest BCUT2D eigenvalue weighted by atomic mass is 19.1. The molecule has 2 aromatic carbocycles. The Labute approximate surface area is 131 Å². The van der Waals surface area contributed by atoms with Gasteiger partial charge in [-0.05, 0) is 36.4 Å². The topological polar surface area (TPSA) is 49.4 Å². The highest BCUT2D eigenvalue weighted by molar-refractivity contribution is 5.98. The number of amides is 2. The van der Waals surface area contributed by atoms with E-state index in [9.17, 15) is 18.4 Å². The van der Waals surface area contributed by atoms with Gasteiger partial charge in [-0.15, -0.1) is 0 Å². The van der Waals surface area contributed by atoms with Crippen LogP contribution in [0.15, 0.2) is 48.5 Å². The SMILES string of the molecule is O=C(N[C@H]1CC(=O)N(c2cccc(F)c2)C1)c1cccc(F)c1. The second-order valence-corrected chi connectivity index (χ2v) is 5.37. The average Bonchev–Trinajstić information content (AvgIpc) is 2.88. The second-order valence-electron chi connectivity index (χ2n) is 5.37. The summed E-state index contributed by atoms with van der Waals surface area (Å²) in [5, 5.41) is 2.71. The maximum atomic E-state index is 13.3. The molecule has 1 N–H and O–H groups in total. The van der Waals surface area contributed by atoms with E-state index in [1.807, 2.05) is 0 Å². The van der Waals surface area contributed by atoms with E-state index in [1.54, 1.807) is 6.07 Å². The van der Waals surface area contributed by atoms with Crippen LogP contribution in [0.4, 0.5) is 14.5 Å². The summed E-state index contributed by atoms with van der Waals surface area (Å²) in [4.78, 5) is 25.6. The number of benzene rings is 2. The molecule has 0 aromatic heterocycles. The van der Waals surface area contributed by atoms with E-state index < -0.39 is 23.6 Å². The van der Waals surface area contributed by atoms with Crippen molar-refractivity contribution in [3.05, 3.63) is 65.7 Å². The Balaban J connectivity index is 1.69. The summed E-state index contributed by atoms with van der Waals surface area (Å²) in [5.74, 6) is -1.56. The first-order valence-electron chi connectivity index (χ1n) is 7.15. The molecular weight excluding hydrogens is 302 g/mol. The van der Waals surface area contributed by atoms with Crippen molar-refractivity contribution in [1.29, 1.82) is 0 Å². The zero-order valence-electron chi connectivity index (χ0n) is 12.1. The van der Waals surface area contributed by atoms with E-state index in [1.165, 1.54) is 41.3 Å². The zero-order valence-corrected chi connectivity index (χ0v) is 12.1. The third kappa shape index (κ3) is 3.36. The van der Waals surface area contributed by atoms with Gasteiger partial charge in [0.25, 0.3) is 5.91 Å². The molecule has 1 atom stereocenters. The van der Waals surface area contributed by atoms with Gasteiger partial charge in [0.05, 0.1) is 6.04 Å². The molecular formula is C17H14F2N2O2. The molecule has 1 fully saturated rings. The molecule has 1 aliphatic rings. The fraction of sp³-hybridized carbons (Fsp3) is 0.176. The molecule has 1 saturated heterocycles. The largest absolute Gasteiger partial charge is 0.347 e. The minimum absolute atomic E-state index is 0.123. The first kappa shape index (κ1) is 15.1. The minimum atomic E-state index is -0.499. The number of carbonyl (C=O) groups is 2. The van der Waals surface area contributed by atoms with E-state index in [0.29, 0.717) is 5.69 Å². The molecule has 4 nitrogen and oxygen atoms in total. The molecule has 0 spiro atoms. The Hall–Kier alpha value is -2.76. The summed E-state index contributed by atoms with van der Waals surface area (Å²) in [5.41, 5.74) is 0.652. The number of rotatable bonds is 3. The van der Waals surface area contributed by atoms with Gasteiger partial charge < -0.3 is 10.2 Å². The highest BCUT2D eigenvalue weighted by Gasteiger charge is 2.31. The lowest BCUT2D eigenvalue weighted by atomic mass is 10.2. The van der Waals surface area contributed by atoms with Crippen molar-refractivity contribution in [1.82, 2.24) is 5.32 Å². The minimum Gasteiger partial charge on any atom is -0.347 e. The number of halogens is 2. The van der Waals surface area contributed by atoms with Crippen molar-refractivity contribution >= 4 is 17.5 Å². The molecule has 0 radical (unpaired) electrons. The Morgan fingerprint density at radius 1 is 1.09 bits per heavy atom. The van der Waals surface area contributed by atoms with Crippen LogP contribution in [0, 0.1) is 11.6 Å². The summed E-state index contributed by atoms with van der Waals surface area (Å²) in [7, 11) is 0. The Morgan fingerprint density at radius 2 is 1.78 bits per heavy atom. The van der Waals surface area contributed by atoms with E-state index in [0.717, 1.165) is 6.07 Å². The van der Waals surface area contributed by atoms with Crippen molar-refractivity contribution in [3.63, 3.8) is 0 Å². The Bertz CT molecular complexity index is 764. The number of hydrogen-bond acceptors (Lipinski definition) is 2. The van der Waals surface area contributed by atoms with Gasteiger partial charge in [0, 0.05) is 24.2 Å². The molecule has 0 unspecified atom stereocenters. The second kappa shape index (κ2) is 6.16. The molecule has 0 bridgehead atoms. The Kier molecular flexibility index (Phi) is 4.06. The fourth-order valence-corrected chi connectivity index (χ4v) is 2.60. The van der Waals surface area contributed by atoms with Gasteiger partial charge in [-0.3, -0.25) is 9.59 Å². The van der Waals surface area contributed by atoms with Gasteiger partial charge in [0.1, 0.15) is 11.6 Å². The molecule has 23 heavy (non-hydrogen) atoms. The van der Waals surface area contributed by atoms with E-state index in [2.05, 4.69) is 5.32 Å². The van der Waals surface area contributed by atoms with E-state index in [-0.39, 0.29) is 24.4 Å². The molecule has 2 amide bonds. The van der Waals surface area contributed by atoms with Crippen LogP contribution in [0.1, 0.15) is 16.8 Å². The maximum Gasteiger partial charge on any atom is 0.251 e. The van der Waals surface area contributed by atoms with E-state index >= 15 is 0 Å². The van der Waals surface area contributed by atoms with Crippen LogP contribution >= 0.6 is 0 Å². The van der Waals surface area contributed by atoms with Crippen LogP contribution in [-0.4, -0.2) is 24.4 Å². The summed E-state index contributed by atoms with van der Waals surface area (Å²) >= 11 is 0. The first-order valence-corrected chi connectivity index (χ1v) is 7.15. The van der Waals surface area contributed by atoms with Gasteiger partial charge in [-0.25, -0.2) is 8.78 Å². The van der Waals surface area contributed by atoms with Crippen LogP contribution in [0.5, 0.6) is 0 Å². The van der Waals surface area contributed by atoms with Crippen molar-refractivity contribution < 1.29 is 18.4 Å². The predicted octanol–water partition coefficient (Wildman–Crippen LogP) is 2.50. The van der Waals surface area contributed by atoms with Gasteiger partial charge in [0.2, 0.25) is 5.91 Å². The number of carbonyl (C=O) groups excluding carboxylic acids is 2. The first-order chi connectivity index (χ1) is 11.0. The number of nitrogens with zero attached hydrogens (tertiary/aromatic N) is 1. The average molecular weight is 316 g/mol. The predicted molar refractivity (Wildman–Crippen MR) is 81.0 cm³/mol. The van der Waals surface area contributed by atoms with Gasteiger partial charge in [-0.2, -0.15) is 0 Å². The molecule has 3 rings (SSSR count). The van der Waals surface area contributed by atoms with Crippen LogP contribution in [0.3, 0.4) is 0 Å². The van der Waals surface area contributed by atoms with Crippen LogP contribution < -0.4 is 10.2 Å². The normalized spacial score (nSPS) is 17.4. The van der Waals surface area contributed by atoms with Crippen LogP contribution in [-0.2, 0) is 4.79 Å². The Morgan fingerprint density at radius 3 is 2.48 bits per heavy atom. The lowest BCUT2D eigenvalue weighted by Crippen LogP contribution is -2.37. The van der Waals surface area contributed by atoms with Gasteiger partial charge in [-0.1, -0.05) is 12.1 Å². The molecule has 118 valence electrons. The standard InChI is InChI=1S/C17H14F2N2O2/c18-12-4-1-3-11(7-12)17(23)20-14-9-16(22)21(10-14)15-6-2-5-13(19)8-15/h1-8,14H,9-10H2,(H,20,23)/t14-/m0/s1. The van der Waals surface area contributed by atoms with Crippen molar-refractivity contribution in [2.45, 2.75) is 12.5 Å². The summed E-state index contributed by atoms with van der Waals surface area (Å²) in [6.07, 6.45) is 0.123. The van der Waals surface area contributed by atoms with Gasteiger partial charge in [0.15, 0.2) is 0 Å². The number of anilines is 1. The third-order valence-electron chi connectivity index (χ3n) is 3.67. The molecule has 1 heterocycles. The third-order valence-corrected chi connectivity index (χ3v) is 3.67. The zero-order chi connectivity index (χ0) is 16.4. The number of hydrogen-bond donors (Lipinski definition) is 1. The van der Waals surface area contributed by atoms with Crippen molar-refractivity contribution in [3.8, 4) is 0 Å². The van der Waals surface area contributed by atoms with Crippen LogP contribution in [0.25, 0.3) is 0 Å². The quantitative estimate of drug-likeness (QED) is 0.946. The van der Waals surface area contributed by atoms with Crippen LogP contribution in [0.2, 0.25) is 0 Å². The van der Waals surface area contributed by atoms with Crippen molar-refractivity contribution in [2.24, 2.45) is 0 Å². The van der Waals surface area contributed by atoms with E-state index in [4.69, 9.17) is 0 Å². The smallest absolute Gasteiger partial charge is 0.251 e. The fourth-order valence-electron chi connectivity index (χ4n) is 2.60. The lowest BCUT2D eigenvalue weighted by molar-refractivity contribution is -0.117. The number of nitrogens with one attached hydrogen (secondary N) is 1. The molecule has 1 aliphatic heterocycles. The molecule has 0 saturated carbocycles. The monoisotopic (exact) mass is 316 g/mol. The molecule has 0 aliphatic carbocycles. The summed E-state index contributed by atoms with van der Waals surface area (Å²) < 4.78 is 26.4. The lowest BCUT2D eigenvalue weighted by Gasteiger charge is -2.17. The summed E-state index contributed by atoms with van der Waals surface area (Å²) in [6, 6.07) is 10.7. The van der Waals surface area contributed by atoms with Crippen molar-refractivity contribution in [2.75, 3.05) is 11.4 Å². The molecule has 6 heteroatoms. The molecule has 2 aromatic rings. The highest BCUT2D eigenvalue weighted by Crippen LogP contribution is 2.22.